The molecule has 6 nitrogen and oxygen atoms in total. The maximum atomic E-state index is 9.40. The zero-order valence-corrected chi connectivity index (χ0v) is 24.3. The number of rotatable bonds is 5. The van der Waals surface area contributed by atoms with Gasteiger partial charge in [-0.1, -0.05) is 109 Å². The molecule has 2 heterocycles. The van der Waals surface area contributed by atoms with E-state index in [9.17, 15) is 5.41 Å². The van der Waals surface area contributed by atoms with Gasteiger partial charge in [-0.2, -0.15) is 0 Å². The third kappa shape index (κ3) is 4.51. The van der Waals surface area contributed by atoms with Gasteiger partial charge in [0, 0.05) is 33.5 Å². The Morgan fingerprint density at radius 3 is 2.04 bits per heavy atom. The zero-order valence-electron chi connectivity index (χ0n) is 24.3. The molecule has 1 aromatic heterocycles. The monoisotopic (exact) mass is 583 g/mol. The average Bonchev–Trinajstić information content (AvgIpc) is 3.69. The normalized spacial score (nSPS) is 13.6. The van der Waals surface area contributed by atoms with E-state index >= 15 is 0 Å². The minimum Gasteiger partial charge on any atom is -0.464 e. The van der Waals surface area contributed by atoms with Crippen molar-refractivity contribution in [3.63, 3.8) is 0 Å². The molecule has 8 rings (SSSR count). The van der Waals surface area contributed by atoms with Gasteiger partial charge in [0.15, 0.2) is 12.0 Å². The van der Waals surface area contributed by atoms with Crippen LogP contribution in [0.1, 0.15) is 22.9 Å². The number of anilines is 2. The van der Waals surface area contributed by atoms with Crippen molar-refractivity contribution in [2.24, 2.45) is 0 Å². The van der Waals surface area contributed by atoms with Crippen LogP contribution in [0.15, 0.2) is 152 Å². The van der Waals surface area contributed by atoms with Crippen LogP contribution in [0.3, 0.4) is 0 Å². The predicted octanol–water partition coefficient (Wildman–Crippen LogP) is 9.14. The molecular formula is C39H29N5O. The number of hydrogen-bond acceptors (Lipinski definition) is 4. The second-order valence-electron chi connectivity index (χ2n) is 11.0. The van der Waals surface area contributed by atoms with Gasteiger partial charge in [-0.05, 0) is 42.5 Å². The Morgan fingerprint density at radius 1 is 0.622 bits per heavy atom. The lowest BCUT2D eigenvalue weighted by molar-refractivity contribution is 0.263. The summed E-state index contributed by atoms with van der Waals surface area (Å²) in [7, 11) is 0. The molecule has 1 aliphatic rings. The molecule has 0 radical (unpaired) electrons. The van der Waals surface area contributed by atoms with Gasteiger partial charge in [0.1, 0.15) is 11.7 Å². The Hall–Kier alpha value is -6.14. The van der Waals surface area contributed by atoms with Crippen molar-refractivity contribution in [1.82, 2.24) is 4.57 Å². The summed E-state index contributed by atoms with van der Waals surface area (Å²) < 4.78 is 8.82. The third-order valence-corrected chi connectivity index (χ3v) is 8.30. The number of para-hydroxylation sites is 2. The molecule has 216 valence electrons. The fourth-order valence-corrected chi connectivity index (χ4v) is 6.20. The Labute approximate surface area is 260 Å². The molecule has 0 saturated carbocycles. The molecule has 6 heteroatoms. The zero-order chi connectivity index (χ0) is 30.3. The van der Waals surface area contributed by atoms with Gasteiger partial charge in [-0.25, -0.2) is 0 Å². The van der Waals surface area contributed by atoms with E-state index in [1.54, 1.807) is 4.90 Å². The summed E-state index contributed by atoms with van der Waals surface area (Å²) in [4.78, 5) is 1.69. The van der Waals surface area contributed by atoms with E-state index in [0.717, 1.165) is 55.7 Å². The van der Waals surface area contributed by atoms with Crippen LogP contribution in [0.2, 0.25) is 0 Å². The van der Waals surface area contributed by atoms with Crippen molar-refractivity contribution in [2.75, 3.05) is 10.2 Å². The Kier molecular flexibility index (Phi) is 6.38. The quantitative estimate of drug-likeness (QED) is 0.140. The van der Waals surface area contributed by atoms with Crippen molar-refractivity contribution in [2.45, 2.75) is 6.23 Å². The van der Waals surface area contributed by atoms with Crippen LogP contribution in [-0.2, 0) is 0 Å². The number of ether oxygens (including phenoxy) is 1. The van der Waals surface area contributed by atoms with E-state index in [1.807, 2.05) is 103 Å². The van der Waals surface area contributed by atoms with E-state index in [1.165, 1.54) is 0 Å². The van der Waals surface area contributed by atoms with Crippen LogP contribution in [0, 0.1) is 10.8 Å². The van der Waals surface area contributed by atoms with Gasteiger partial charge < -0.3 is 14.6 Å². The molecule has 0 bridgehead atoms. The number of nitrogens with one attached hydrogen (secondary N) is 3. The molecule has 0 amide bonds. The second kappa shape index (κ2) is 10.8. The molecule has 0 fully saturated rings. The predicted molar refractivity (Wildman–Crippen MR) is 183 cm³/mol. The second-order valence-corrected chi connectivity index (χ2v) is 11.0. The molecule has 45 heavy (non-hydrogen) atoms. The summed E-state index contributed by atoms with van der Waals surface area (Å²) in [6, 6.07) is 50.0. The first-order valence-corrected chi connectivity index (χ1v) is 14.9. The molecule has 0 saturated heterocycles. The smallest absolute Gasteiger partial charge is 0.196 e. The molecule has 0 spiro atoms. The van der Waals surface area contributed by atoms with Crippen LogP contribution in [0.4, 0.5) is 11.4 Å². The van der Waals surface area contributed by atoms with E-state index in [0.29, 0.717) is 5.56 Å². The molecule has 7 aromatic rings. The highest BCUT2D eigenvalue weighted by Crippen LogP contribution is 2.47. The van der Waals surface area contributed by atoms with Crippen molar-refractivity contribution < 1.29 is 4.74 Å². The molecule has 1 atom stereocenters. The van der Waals surface area contributed by atoms with Crippen LogP contribution in [0.5, 0.6) is 5.75 Å². The fraction of sp³-hybridized carbons (Fsp3) is 0.0256. The summed E-state index contributed by atoms with van der Waals surface area (Å²) in [5, 5.41) is 24.2. The topological polar surface area (TPSA) is 77.1 Å². The Bertz CT molecular complexity index is 2210. The lowest BCUT2D eigenvalue weighted by Gasteiger charge is -2.26. The third-order valence-electron chi connectivity index (χ3n) is 8.30. The summed E-state index contributed by atoms with van der Waals surface area (Å²) in [5.41, 5.74) is 7.22. The van der Waals surface area contributed by atoms with Gasteiger partial charge in [0.25, 0.3) is 0 Å². The van der Waals surface area contributed by atoms with Crippen molar-refractivity contribution in [3.05, 3.63) is 168 Å². The van der Waals surface area contributed by atoms with E-state index < -0.39 is 0 Å². The number of benzene rings is 6. The standard InChI is InChI=1S/C39H29N5O/c40-37(26-13-4-1-5-14-26)44(29-18-8-3-9-19-29)38(41)28-17-12-20-30(25-28)43-33-22-11-10-21-31(33)35-34(43)24-23-32-36(35)45-39(42-32)27-15-6-2-7-16-27/h1-25,39-42H. The molecular weight excluding hydrogens is 554 g/mol. The lowest BCUT2D eigenvalue weighted by Crippen LogP contribution is -2.37. The van der Waals surface area contributed by atoms with Crippen LogP contribution in [-0.4, -0.2) is 16.2 Å². The largest absolute Gasteiger partial charge is 0.464 e. The first kappa shape index (κ1) is 26.5. The summed E-state index contributed by atoms with van der Waals surface area (Å²) >= 11 is 0. The van der Waals surface area contributed by atoms with E-state index in [2.05, 4.69) is 58.4 Å². The number of amidine groups is 2. The Morgan fingerprint density at radius 2 is 1.27 bits per heavy atom. The fourth-order valence-electron chi connectivity index (χ4n) is 6.20. The molecule has 6 aromatic carbocycles. The number of aromatic nitrogens is 1. The Balaban J connectivity index is 1.24. The minimum absolute atomic E-state index is 0.219. The lowest BCUT2D eigenvalue weighted by atomic mass is 10.1. The van der Waals surface area contributed by atoms with Gasteiger partial charge in [0.2, 0.25) is 0 Å². The van der Waals surface area contributed by atoms with Crippen molar-refractivity contribution >= 4 is 44.9 Å². The molecule has 1 aliphatic heterocycles. The highest BCUT2D eigenvalue weighted by molar-refractivity contribution is 6.27. The first-order chi connectivity index (χ1) is 22.2. The average molecular weight is 584 g/mol. The van der Waals surface area contributed by atoms with Crippen LogP contribution < -0.4 is 15.0 Å². The highest BCUT2D eigenvalue weighted by Gasteiger charge is 2.28. The summed E-state index contributed by atoms with van der Waals surface area (Å²) in [6.45, 7) is 0. The van der Waals surface area contributed by atoms with Crippen molar-refractivity contribution in [3.8, 4) is 11.4 Å². The van der Waals surface area contributed by atoms with Crippen LogP contribution >= 0.6 is 0 Å². The van der Waals surface area contributed by atoms with Gasteiger partial charge >= 0.3 is 0 Å². The van der Waals surface area contributed by atoms with Gasteiger partial charge in [-0.3, -0.25) is 15.7 Å². The highest BCUT2D eigenvalue weighted by atomic mass is 16.5. The maximum absolute atomic E-state index is 9.40. The molecule has 3 N–H and O–H groups in total. The van der Waals surface area contributed by atoms with E-state index in [-0.39, 0.29) is 17.9 Å². The molecule has 0 aliphatic carbocycles. The molecule has 1 unspecified atom stereocenters. The van der Waals surface area contributed by atoms with Gasteiger partial charge in [-0.15, -0.1) is 0 Å². The van der Waals surface area contributed by atoms with Crippen molar-refractivity contribution in [1.29, 1.82) is 10.8 Å². The van der Waals surface area contributed by atoms with Crippen LogP contribution in [0.25, 0.3) is 27.5 Å². The number of nitrogens with zero attached hydrogens (tertiary/aromatic N) is 2. The first-order valence-electron chi connectivity index (χ1n) is 14.9. The number of fused-ring (bicyclic) bond motifs is 5. The minimum atomic E-state index is -0.262. The number of hydrogen-bond donors (Lipinski definition) is 3. The summed E-state index contributed by atoms with van der Waals surface area (Å²) in [6.07, 6.45) is -0.262. The van der Waals surface area contributed by atoms with Gasteiger partial charge in [0.05, 0.1) is 22.1 Å². The maximum Gasteiger partial charge on any atom is 0.196 e. The summed E-state index contributed by atoms with van der Waals surface area (Å²) in [5.74, 6) is 1.30. The SMILES string of the molecule is N=C(c1ccccc1)N(C(=N)c1cccc(-n2c3ccccc3c3c4c(ccc32)NC(c2ccccc2)O4)c1)c1ccccc1. The van der Waals surface area contributed by atoms with E-state index in [4.69, 9.17) is 10.1 Å².